The van der Waals surface area contributed by atoms with Crippen LogP contribution in [0.2, 0.25) is 0 Å². The maximum atomic E-state index is 13.1. The molecule has 1 aliphatic heterocycles. The van der Waals surface area contributed by atoms with Gasteiger partial charge in [-0.1, -0.05) is 48.5 Å². The first-order valence-corrected chi connectivity index (χ1v) is 12.0. The molecular weight excluding hydrogens is 390 g/mol. The molecule has 1 heterocycles. The molecule has 0 aromatic heterocycles. The van der Waals surface area contributed by atoms with Crippen molar-refractivity contribution in [3.05, 3.63) is 72.8 Å². The van der Waals surface area contributed by atoms with E-state index >= 15 is 0 Å². The molecule has 0 N–H and O–H groups in total. The van der Waals surface area contributed by atoms with E-state index in [9.17, 15) is 13.2 Å². The molecule has 0 spiro atoms. The standard InChI is InChI=1S/C22H21NO3S2/c24-22(15-27-21-11-10-17-6-4-5-7-18(17)14-21)23(19-8-2-1-3-9-19)20-12-13-28(25,26)16-20/h1-11,14,20H,12-13,15-16H2/t20-/m1/s1. The molecule has 0 radical (unpaired) electrons. The van der Waals surface area contributed by atoms with Crippen LogP contribution < -0.4 is 4.90 Å². The Morgan fingerprint density at radius 3 is 2.39 bits per heavy atom. The third-order valence-corrected chi connectivity index (χ3v) is 7.69. The number of benzene rings is 3. The zero-order valence-corrected chi connectivity index (χ0v) is 17.0. The topological polar surface area (TPSA) is 54.5 Å². The van der Waals surface area contributed by atoms with E-state index in [0.717, 1.165) is 16.0 Å². The van der Waals surface area contributed by atoms with Gasteiger partial charge in [-0.3, -0.25) is 4.79 Å². The lowest BCUT2D eigenvalue weighted by molar-refractivity contribution is -0.116. The highest BCUT2D eigenvalue weighted by Crippen LogP contribution is 2.28. The van der Waals surface area contributed by atoms with E-state index in [1.165, 1.54) is 17.1 Å². The van der Waals surface area contributed by atoms with Gasteiger partial charge in [0.2, 0.25) is 5.91 Å². The van der Waals surface area contributed by atoms with Gasteiger partial charge in [0.05, 0.1) is 23.3 Å². The van der Waals surface area contributed by atoms with Crippen LogP contribution in [0.5, 0.6) is 0 Å². The van der Waals surface area contributed by atoms with Gasteiger partial charge < -0.3 is 4.90 Å². The third-order valence-electron chi connectivity index (χ3n) is 4.96. The Morgan fingerprint density at radius 1 is 0.964 bits per heavy atom. The second-order valence-corrected chi connectivity index (χ2v) is 10.2. The highest BCUT2D eigenvalue weighted by atomic mass is 32.2. The number of fused-ring (bicyclic) bond motifs is 1. The van der Waals surface area contributed by atoms with Gasteiger partial charge in [-0.05, 0) is 41.5 Å². The summed E-state index contributed by atoms with van der Waals surface area (Å²) in [4.78, 5) is 15.8. The van der Waals surface area contributed by atoms with E-state index in [1.54, 1.807) is 4.90 Å². The number of thioether (sulfide) groups is 1. The Labute approximate surface area is 169 Å². The molecule has 4 nitrogen and oxygen atoms in total. The molecule has 1 aliphatic rings. The molecule has 0 unspecified atom stereocenters. The Balaban J connectivity index is 1.53. The molecular formula is C22H21NO3S2. The lowest BCUT2D eigenvalue weighted by atomic mass is 10.1. The number of sulfone groups is 1. The zero-order chi connectivity index (χ0) is 19.6. The molecule has 28 heavy (non-hydrogen) atoms. The van der Waals surface area contributed by atoms with Gasteiger partial charge in [0, 0.05) is 10.6 Å². The van der Waals surface area contributed by atoms with E-state index in [2.05, 4.69) is 24.3 Å². The van der Waals surface area contributed by atoms with Crippen LogP contribution >= 0.6 is 11.8 Å². The van der Waals surface area contributed by atoms with Crippen molar-refractivity contribution in [1.29, 1.82) is 0 Å². The summed E-state index contributed by atoms with van der Waals surface area (Å²) in [7, 11) is -3.07. The third kappa shape index (κ3) is 4.23. The Kier molecular flexibility index (Phi) is 5.42. The van der Waals surface area contributed by atoms with E-state index in [0.29, 0.717) is 6.42 Å². The molecule has 4 rings (SSSR count). The van der Waals surface area contributed by atoms with Crippen LogP contribution in [0.1, 0.15) is 6.42 Å². The van der Waals surface area contributed by atoms with Crippen LogP contribution in [0, 0.1) is 0 Å². The molecule has 0 saturated carbocycles. The molecule has 3 aromatic rings. The minimum absolute atomic E-state index is 0.0360. The number of hydrogen-bond acceptors (Lipinski definition) is 4. The Bertz CT molecular complexity index is 1100. The predicted molar refractivity (Wildman–Crippen MR) is 116 cm³/mol. The quantitative estimate of drug-likeness (QED) is 0.592. The minimum Gasteiger partial charge on any atom is -0.308 e. The number of anilines is 1. The number of carbonyl (C=O) groups is 1. The van der Waals surface area contributed by atoms with Crippen LogP contribution in [0.15, 0.2) is 77.7 Å². The van der Waals surface area contributed by atoms with Gasteiger partial charge in [0.1, 0.15) is 0 Å². The van der Waals surface area contributed by atoms with Crippen molar-refractivity contribution >= 4 is 44.0 Å². The van der Waals surface area contributed by atoms with Crippen molar-refractivity contribution < 1.29 is 13.2 Å². The average Bonchev–Trinajstić information content (AvgIpc) is 3.06. The number of carbonyl (C=O) groups excluding carboxylic acids is 1. The Morgan fingerprint density at radius 2 is 1.68 bits per heavy atom. The van der Waals surface area contributed by atoms with Gasteiger partial charge in [-0.15, -0.1) is 11.8 Å². The van der Waals surface area contributed by atoms with Crippen molar-refractivity contribution in [2.45, 2.75) is 17.4 Å². The smallest absolute Gasteiger partial charge is 0.237 e. The fourth-order valence-corrected chi connectivity index (χ4v) is 6.10. The summed E-state index contributed by atoms with van der Waals surface area (Å²) in [5.74, 6) is 0.385. The number of amides is 1. The fraction of sp³-hybridized carbons (Fsp3) is 0.227. The van der Waals surface area contributed by atoms with E-state index in [1.807, 2.05) is 48.5 Å². The van der Waals surface area contributed by atoms with Gasteiger partial charge >= 0.3 is 0 Å². The first kappa shape index (κ1) is 19.0. The van der Waals surface area contributed by atoms with E-state index in [4.69, 9.17) is 0 Å². The first-order valence-electron chi connectivity index (χ1n) is 9.21. The molecule has 1 amide bonds. The Hall–Kier alpha value is -2.31. The van der Waals surface area contributed by atoms with Gasteiger partial charge in [-0.25, -0.2) is 8.42 Å². The number of nitrogens with zero attached hydrogens (tertiary/aromatic N) is 1. The van der Waals surface area contributed by atoms with Gasteiger partial charge in [0.15, 0.2) is 9.84 Å². The second-order valence-electron chi connectivity index (χ2n) is 6.95. The van der Waals surface area contributed by atoms with Crippen LogP contribution in [0.3, 0.4) is 0 Å². The molecule has 0 aliphatic carbocycles. The fourth-order valence-electron chi connectivity index (χ4n) is 3.60. The van der Waals surface area contributed by atoms with Gasteiger partial charge in [-0.2, -0.15) is 0 Å². The summed E-state index contributed by atoms with van der Waals surface area (Å²) in [5, 5.41) is 2.31. The number of para-hydroxylation sites is 1. The van der Waals surface area contributed by atoms with Crippen molar-refractivity contribution in [3.63, 3.8) is 0 Å². The minimum atomic E-state index is -3.07. The molecule has 0 bridgehead atoms. The van der Waals surface area contributed by atoms with E-state index < -0.39 is 9.84 Å². The highest BCUT2D eigenvalue weighted by molar-refractivity contribution is 8.00. The first-order chi connectivity index (χ1) is 13.5. The maximum absolute atomic E-state index is 13.1. The summed E-state index contributed by atoms with van der Waals surface area (Å²) >= 11 is 1.48. The second kappa shape index (κ2) is 7.97. The monoisotopic (exact) mass is 411 g/mol. The van der Waals surface area contributed by atoms with Crippen LogP contribution in [-0.4, -0.2) is 37.6 Å². The van der Waals surface area contributed by atoms with Crippen molar-refractivity contribution in [3.8, 4) is 0 Å². The molecule has 1 atom stereocenters. The summed E-state index contributed by atoms with van der Waals surface area (Å²) in [6, 6.07) is 23.4. The average molecular weight is 412 g/mol. The highest BCUT2D eigenvalue weighted by Gasteiger charge is 2.35. The molecule has 1 fully saturated rings. The summed E-state index contributed by atoms with van der Waals surface area (Å²) < 4.78 is 23.9. The lowest BCUT2D eigenvalue weighted by Gasteiger charge is -2.28. The molecule has 3 aromatic carbocycles. The van der Waals surface area contributed by atoms with Crippen molar-refractivity contribution in [2.75, 3.05) is 22.2 Å². The maximum Gasteiger partial charge on any atom is 0.237 e. The van der Waals surface area contributed by atoms with Crippen LogP contribution in [-0.2, 0) is 14.6 Å². The largest absolute Gasteiger partial charge is 0.308 e. The lowest BCUT2D eigenvalue weighted by Crippen LogP contribution is -2.42. The van der Waals surface area contributed by atoms with Gasteiger partial charge in [0.25, 0.3) is 0 Å². The number of hydrogen-bond donors (Lipinski definition) is 0. The molecule has 6 heteroatoms. The zero-order valence-electron chi connectivity index (χ0n) is 15.3. The molecule has 144 valence electrons. The summed E-state index contributed by atoms with van der Waals surface area (Å²) in [6.45, 7) is 0. The summed E-state index contributed by atoms with van der Waals surface area (Å²) in [6.07, 6.45) is 0.490. The SMILES string of the molecule is O=C(CSc1ccc2ccccc2c1)N(c1ccccc1)[C@@H]1CCS(=O)(=O)C1. The van der Waals surface area contributed by atoms with Crippen molar-refractivity contribution in [1.82, 2.24) is 0 Å². The van der Waals surface area contributed by atoms with Crippen LogP contribution in [0.4, 0.5) is 5.69 Å². The van der Waals surface area contributed by atoms with E-state index in [-0.39, 0.29) is 29.2 Å². The van der Waals surface area contributed by atoms with Crippen LogP contribution in [0.25, 0.3) is 10.8 Å². The normalized spacial score (nSPS) is 18.2. The number of rotatable bonds is 5. The summed E-state index contributed by atoms with van der Waals surface area (Å²) in [5.41, 5.74) is 0.758. The predicted octanol–water partition coefficient (Wildman–Crippen LogP) is 4.15. The van der Waals surface area contributed by atoms with Crippen molar-refractivity contribution in [2.24, 2.45) is 0 Å². The molecule has 1 saturated heterocycles.